The number of pyridine rings is 1. The van der Waals surface area contributed by atoms with Gasteiger partial charge in [-0.1, -0.05) is 0 Å². The van der Waals surface area contributed by atoms with E-state index in [0.717, 1.165) is 0 Å². The van der Waals surface area contributed by atoms with Crippen molar-refractivity contribution < 1.29 is 33.0 Å². The number of rotatable bonds is 8. The number of nitrogens with one attached hydrogen (secondary N) is 2. The lowest BCUT2D eigenvalue weighted by molar-refractivity contribution is -0.131. The third-order valence-electron chi connectivity index (χ3n) is 6.49. The van der Waals surface area contributed by atoms with Gasteiger partial charge < -0.3 is 24.8 Å². The van der Waals surface area contributed by atoms with E-state index in [0.29, 0.717) is 52.4 Å². The van der Waals surface area contributed by atoms with Crippen LogP contribution in [-0.4, -0.2) is 37.0 Å². The second-order valence-electron chi connectivity index (χ2n) is 8.99. The molecule has 1 aliphatic rings. The van der Waals surface area contributed by atoms with Gasteiger partial charge in [-0.2, -0.15) is 0 Å². The molecule has 1 saturated carbocycles. The number of halogens is 1. The van der Waals surface area contributed by atoms with Crippen molar-refractivity contribution in [2.75, 3.05) is 24.9 Å². The summed E-state index contributed by atoms with van der Waals surface area (Å²) in [6.45, 7) is 0. The SMILES string of the molecule is COC(=O)c1cc2nccc(Oc3ccc(NC(=O)C4(C(=O)Nc5ccc(F)cc5)CC4)cc3)c2cc1OC. The number of methoxy groups -OCH3 is 2. The van der Waals surface area contributed by atoms with Crippen molar-refractivity contribution in [1.29, 1.82) is 0 Å². The third-order valence-corrected chi connectivity index (χ3v) is 6.49. The molecule has 9 nitrogen and oxygen atoms in total. The van der Waals surface area contributed by atoms with Gasteiger partial charge in [-0.3, -0.25) is 14.6 Å². The Morgan fingerprint density at radius 3 is 2.03 bits per heavy atom. The van der Waals surface area contributed by atoms with Crippen molar-refractivity contribution in [3.8, 4) is 17.2 Å². The number of ether oxygens (including phenoxy) is 3. The molecule has 0 atom stereocenters. The number of carbonyl (C=O) groups is 3. The third kappa shape index (κ3) is 5.22. The zero-order chi connectivity index (χ0) is 27.6. The number of fused-ring (bicyclic) bond motifs is 1. The smallest absolute Gasteiger partial charge is 0.341 e. The highest BCUT2D eigenvalue weighted by Gasteiger charge is 2.56. The fourth-order valence-electron chi connectivity index (χ4n) is 4.13. The summed E-state index contributed by atoms with van der Waals surface area (Å²) in [7, 11) is 2.74. The van der Waals surface area contributed by atoms with E-state index in [9.17, 15) is 18.8 Å². The van der Waals surface area contributed by atoms with Crippen LogP contribution in [0.2, 0.25) is 0 Å². The molecule has 3 aromatic carbocycles. The predicted octanol–water partition coefficient (Wildman–Crippen LogP) is 5.32. The molecule has 0 bridgehead atoms. The maximum Gasteiger partial charge on any atom is 0.341 e. The van der Waals surface area contributed by atoms with Gasteiger partial charge in [-0.25, -0.2) is 9.18 Å². The molecule has 1 aliphatic carbocycles. The minimum Gasteiger partial charge on any atom is -0.496 e. The summed E-state index contributed by atoms with van der Waals surface area (Å²) in [5.74, 6) is -0.495. The summed E-state index contributed by atoms with van der Waals surface area (Å²) in [5.41, 5.74) is 0.520. The molecule has 39 heavy (non-hydrogen) atoms. The summed E-state index contributed by atoms with van der Waals surface area (Å²) in [5, 5.41) is 6.10. The average Bonchev–Trinajstić information content (AvgIpc) is 3.77. The topological polar surface area (TPSA) is 116 Å². The van der Waals surface area contributed by atoms with Crippen LogP contribution in [0, 0.1) is 11.2 Å². The van der Waals surface area contributed by atoms with Crippen molar-refractivity contribution >= 4 is 40.1 Å². The molecule has 1 aromatic heterocycles. The number of benzene rings is 3. The lowest BCUT2D eigenvalue weighted by Gasteiger charge is -2.16. The largest absolute Gasteiger partial charge is 0.496 e. The van der Waals surface area contributed by atoms with E-state index in [1.807, 2.05) is 0 Å². The van der Waals surface area contributed by atoms with Crippen LogP contribution in [0.5, 0.6) is 17.2 Å². The molecular formula is C29H24FN3O6. The molecular weight excluding hydrogens is 505 g/mol. The predicted molar refractivity (Wildman–Crippen MR) is 141 cm³/mol. The van der Waals surface area contributed by atoms with Gasteiger partial charge in [0.25, 0.3) is 0 Å². The summed E-state index contributed by atoms with van der Waals surface area (Å²) in [6, 6.07) is 17.0. The van der Waals surface area contributed by atoms with Crippen LogP contribution in [0.15, 0.2) is 72.9 Å². The van der Waals surface area contributed by atoms with Crippen molar-refractivity contribution in [3.63, 3.8) is 0 Å². The van der Waals surface area contributed by atoms with Gasteiger partial charge in [0.15, 0.2) is 0 Å². The van der Waals surface area contributed by atoms with Crippen LogP contribution in [0.25, 0.3) is 10.9 Å². The number of anilines is 2. The number of esters is 1. The molecule has 0 unspecified atom stereocenters. The maximum absolute atomic E-state index is 13.1. The van der Waals surface area contributed by atoms with Gasteiger partial charge in [-0.15, -0.1) is 0 Å². The van der Waals surface area contributed by atoms with Crippen LogP contribution in [-0.2, 0) is 14.3 Å². The first-order valence-corrected chi connectivity index (χ1v) is 12.0. The van der Waals surface area contributed by atoms with Crippen LogP contribution in [0.4, 0.5) is 15.8 Å². The Balaban J connectivity index is 1.28. The number of aromatic nitrogens is 1. The molecule has 198 valence electrons. The molecule has 0 spiro atoms. The molecule has 1 heterocycles. The molecule has 2 N–H and O–H groups in total. The summed E-state index contributed by atoms with van der Waals surface area (Å²) in [4.78, 5) is 42.1. The van der Waals surface area contributed by atoms with E-state index in [4.69, 9.17) is 14.2 Å². The van der Waals surface area contributed by atoms with Crippen molar-refractivity contribution in [2.24, 2.45) is 5.41 Å². The first-order chi connectivity index (χ1) is 18.8. The molecule has 5 rings (SSSR count). The number of hydrogen-bond donors (Lipinski definition) is 2. The van der Waals surface area contributed by atoms with Gasteiger partial charge in [0.05, 0.1) is 19.7 Å². The minimum atomic E-state index is -1.17. The van der Waals surface area contributed by atoms with Crippen molar-refractivity contribution in [3.05, 3.63) is 84.3 Å². The Hall–Kier alpha value is -4.99. The standard InChI is InChI=1S/C29H24FN3O6/c1-37-25-16-21-23(15-22(25)26(34)38-2)31-14-11-24(21)39-20-9-7-19(8-10-20)33-28(36)29(12-13-29)27(35)32-18-5-3-17(30)4-6-18/h3-11,14-16H,12-13H2,1-2H3,(H,32,35)(H,33,36). The highest BCUT2D eigenvalue weighted by molar-refractivity contribution is 6.16. The zero-order valence-electron chi connectivity index (χ0n) is 21.1. The average molecular weight is 530 g/mol. The lowest BCUT2D eigenvalue weighted by Crippen LogP contribution is -2.35. The normalized spacial score (nSPS) is 13.3. The monoisotopic (exact) mass is 529 g/mol. The number of carbonyl (C=O) groups excluding carboxylic acids is 3. The van der Waals surface area contributed by atoms with Gasteiger partial charge in [-0.05, 0) is 79.6 Å². The molecule has 1 fully saturated rings. The summed E-state index contributed by atoms with van der Waals surface area (Å²) >= 11 is 0. The Labute approximate surface area is 222 Å². The summed E-state index contributed by atoms with van der Waals surface area (Å²) < 4.78 is 29.4. The van der Waals surface area contributed by atoms with Gasteiger partial charge in [0.2, 0.25) is 11.8 Å². The molecule has 0 radical (unpaired) electrons. The molecule has 0 aliphatic heterocycles. The van der Waals surface area contributed by atoms with E-state index in [2.05, 4.69) is 15.6 Å². The Bertz CT molecular complexity index is 1570. The first kappa shape index (κ1) is 25.7. The Morgan fingerprint density at radius 1 is 0.846 bits per heavy atom. The maximum atomic E-state index is 13.1. The van der Waals surface area contributed by atoms with E-state index in [1.54, 1.807) is 48.7 Å². The van der Waals surface area contributed by atoms with E-state index >= 15 is 0 Å². The summed E-state index contributed by atoms with van der Waals surface area (Å²) in [6.07, 6.45) is 2.40. The van der Waals surface area contributed by atoms with E-state index in [-0.39, 0.29) is 5.56 Å². The Morgan fingerprint density at radius 2 is 1.46 bits per heavy atom. The van der Waals surface area contributed by atoms with Crippen LogP contribution >= 0.6 is 0 Å². The Kier molecular flexibility index (Phi) is 6.84. The number of nitrogens with zero attached hydrogens (tertiary/aromatic N) is 1. The highest BCUT2D eigenvalue weighted by Crippen LogP contribution is 2.47. The highest BCUT2D eigenvalue weighted by atomic mass is 19.1. The molecule has 2 amide bonds. The fourth-order valence-corrected chi connectivity index (χ4v) is 4.13. The van der Waals surface area contributed by atoms with Gasteiger partial charge in [0.1, 0.15) is 34.0 Å². The molecule has 4 aromatic rings. The van der Waals surface area contributed by atoms with E-state index < -0.39 is 29.0 Å². The lowest BCUT2D eigenvalue weighted by atomic mass is 10.0. The molecule has 10 heteroatoms. The van der Waals surface area contributed by atoms with E-state index in [1.165, 1.54) is 38.5 Å². The minimum absolute atomic E-state index is 0.247. The van der Waals surface area contributed by atoms with Crippen molar-refractivity contribution in [1.82, 2.24) is 4.98 Å². The zero-order valence-corrected chi connectivity index (χ0v) is 21.1. The number of hydrogen-bond acceptors (Lipinski definition) is 7. The van der Waals surface area contributed by atoms with Crippen molar-refractivity contribution in [2.45, 2.75) is 12.8 Å². The van der Waals surface area contributed by atoms with Crippen LogP contribution in [0.1, 0.15) is 23.2 Å². The molecule has 0 saturated heterocycles. The second-order valence-corrected chi connectivity index (χ2v) is 8.99. The second kappa shape index (κ2) is 10.4. The quantitative estimate of drug-likeness (QED) is 0.234. The number of amides is 2. The van der Waals surface area contributed by atoms with Gasteiger partial charge >= 0.3 is 5.97 Å². The van der Waals surface area contributed by atoms with Crippen LogP contribution < -0.4 is 20.1 Å². The first-order valence-electron chi connectivity index (χ1n) is 12.0. The van der Waals surface area contributed by atoms with Gasteiger partial charge in [0, 0.05) is 23.0 Å². The fraction of sp³-hybridized carbons (Fsp3) is 0.172. The van der Waals surface area contributed by atoms with Crippen LogP contribution in [0.3, 0.4) is 0 Å².